The Kier molecular flexibility index (Phi) is 6.21. The van der Waals surface area contributed by atoms with Crippen molar-refractivity contribution in [2.24, 2.45) is 0 Å². The number of rotatable bonds is 5. The lowest BCUT2D eigenvalue weighted by Crippen LogP contribution is -2.40. The highest BCUT2D eigenvalue weighted by Crippen LogP contribution is 2.18. The van der Waals surface area contributed by atoms with E-state index < -0.39 is 0 Å². The van der Waals surface area contributed by atoms with E-state index in [2.05, 4.69) is 5.32 Å². The van der Waals surface area contributed by atoms with Crippen molar-refractivity contribution in [2.45, 2.75) is 26.3 Å². The van der Waals surface area contributed by atoms with E-state index in [1.165, 1.54) is 10.5 Å². The molecule has 0 aliphatic carbocycles. The van der Waals surface area contributed by atoms with E-state index in [0.29, 0.717) is 13.0 Å². The van der Waals surface area contributed by atoms with Gasteiger partial charge in [0.2, 0.25) is 5.91 Å². The maximum absolute atomic E-state index is 12.1. The molecule has 0 saturated carbocycles. The van der Waals surface area contributed by atoms with Crippen LogP contribution in [0.5, 0.6) is 0 Å². The van der Waals surface area contributed by atoms with Gasteiger partial charge < -0.3 is 15.1 Å². The fourth-order valence-corrected chi connectivity index (χ4v) is 1.87. The summed E-state index contributed by atoms with van der Waals surface area (Å²) in [6, 6.07) is 7.93. The number of nitrogens with one attached hydrogen (secondary N) is 1. The Balaban J connectivity index is 2.50. The average molecular weight is 291 g/mol. The molecule has 0 fully saturated rings. The van der Waals surface area contributed by atoms with Crippen LogP contribution in [-0.2, 0) is 4.79 Å². The van der Waals surface area contributed by atoms with Crippen molar-refractivity contribution in [3.63, 3.8) is 0 Å². The van der Waals surface area contributed by atoms with Crippen molar-refractivity contribution >= 4 is 11.9 Å². The zero-order valence-electron chi connectivity index (χ0n) is 13.5. The Morgan fingerprint density at radius 2 is 1.71 bits per heavy atom. The second kappa shape index (κ2) is 7.67. The monoisotopic (exact) mass is 291 g/mol. The van der Waals surface area contributed by atoms with Gasteiger partial charge in [-0.3, -0.25) is 4.79 Å². The van der Waals surface area contributed by atoms with Gasteiger partial charge in [0.15, 0.2) is 0 Å². The lowest BCUT2D eigenvalue weighted by atomic mass is 10.1. The van der Waals surface area contributed by atoms with Gasteiger partial charge in [-0.05, 0) is 19.4 Å². The Hall–Kier alpha value is -2.04. The second-order valence-corrected chi connectivity index (χ2v) is 5.47. The number of hydrogen-bond acceptors (Lipinski definition) is 2. The molecule has 3 amide bonds. The molecule has 1 rings (SSSR count). The summed E-state index contributed by atoms with van der Waals surface area (Å²) >= 11 is 0. The lowest BCUT2D eigenvalue weighted by Gasteiger charge is -2.25. The van der Waals surface area contributed by atoms with Crippen LogP contribution < -0.4 is 5.32 Å². The largest absolute Gasteiger partial charge is 0.349 e. The van der Waals surface area contributed by atoms with Crippen LogP contribution in [0.15, 0.2) is 24.3 Å². The predicted octanol–water partition coefficient (Wildman–Crippen LogP) is 2.18. The zero-order chi connectivity index (χ0) is 16.0. The number of carbonyl (C=O) groups excluding carboxylic acids is 2. The smallest absolute Gasteiger partial charge is 0.317 e. The Labute approximate surface area is 126 Å². The van der Waals surface area contributed by atoms with Gasteiger partial charge in [-0.1, -0.05) is 29.8 Å². The molecule has 1 aromatic carbocycles. The summed E-state index contributed by atoms with van der Waals surface area (Å²) in [6.45, 7) is 4.36. The number of urea groups is 1. The highest BCUT2D eigenvalue weighted by atomic mass is 16.2. The summed E-state index contributed by atoms with van der Waals surface area (Å²) in [5.41, 5.74) is 2.28. The zero-order valence-corrected chi connectivity index (χ0v) is 13.5. The molecular formula is C16H25N3O2. The quantitative estimate of drug-likeness (QED) is 0.904. The molecule has 21 heavy (non-hydrogen) atoms. The minimum atomic E-state index is -0.172. The number of carbonyl (C=O) groups is 2. The molecule has 0 heterocycles. The molecular weight excluding hydrogens is 266 g/mol. The maximum atomic E-state index is 12.1. The normalized spacial score (nSPS) is 11.7. The lowest BCUT2D eigenvalue weighted by molar-refractivity contribution is -0.128. The van der Waals surface area contributed by atoms with Crippen LogP contribution in [0.25, 0.3) is 0 Å². The van der Waals surface area contributed by atoms with E-state index in [1.54, 1.807) is 26.0 Å². The highest BCUT2D eigenvalue weighted by molar-refractivity contribution is 5.78. The first-order chi connectivity index (χ1) is 9.82. The highest BCUT2D eigenvalue weighted by Gasteiger charge is 2.17. The van der Waals surface area contributed by atoms with Crippen molar-refractivity contribution in [3.05, 3.63) is 35.4 Å². The molecule has 5 heteroatoms. The summed E-state index contributed by atoms with van der Waals surface area (Å²) in [7, 11) is 5.17. The van der Waals surface area contributed by atoms with E-state index in [1.807, 2.05) is 38.1 Å². The third-order valence-corrected chi connectivity index (χ3v) is 3.57. The molecule has 116 valence electrons. The Bertz CT molecular complexity index is 483. The van der Waals surface area contributed by atoms with Gasteiger partial charge in [0.1, 0.15) is 0 Å². The summed E-state index contributed by atoms with van der Waals surface area (Å²) < 4.78 is 0. The molecule has 5 nitrogen and oxygen atoms in total. The van der Waals surface area contributed by atoms with Crippen LogP contribution in [0.4, 0.5) is 4.79 Å². The van der Waals surface area contributed by atoms with Crippen molar-refractivity contribution < 1.29 is 9.59 Å². The van der Waals surface area contributed by atoms with E-state index >= 15 is 0 Å². The number of amides is 3. The average Bonchev–Trinajstić information content (AvgIpc) is 2.46. The van der Waals surface area contributed by atoms with Gasteiger partial charge in [-0.25, -0.2) is 4.79 Å². The first-order valence-electron chi connectivity index (χ1n) is 7.10. The van der Waals surface area contributed by atoms with Gasteiger partial charge in [-0.15, -0.1) is 0 Å². The molecule has 0 saturated heterocycles. The number of nitrogens with zero attached hydrogens (tertiary/aromatic N) is 2. The number of benzene rings is 1. The van der Waals surface area contributed by atoms with Gasteiger partial charge in [0.25, 0.3) is 0 Å². The first kappa shape index (κ1) is 17.0. The molecule has 0 radical (unpaired) electrons. The molecule has 0 aliphatic heterocycles. The van der Waals surface area contributed by atoms with Crippen LogP contribution in [0.1, 0.15) is 30.5 Å². The standard InChI is InChI=1S/C16H25N3O2/c1-12-6-8-14(9-7-12)13(2)19(5)16(21)17-11-10-15(20)18(3)4/h6-9,13H,10-11H2,1-5H3,(H,17,21). The SMILES string of the molecule is Cc1ccc(C(C)N(C)C(=O)NCCC(=O)N(C)C)cc1. The number of aryl methyl sites for hydroxylation is 1. The topological polar surface area (TPSA) is 52.7 Å². The first-order valence-corrected chi connectivity index (χ1v) is 7.10. The summed E-state index contributed by atoms with van der Waals surface area (Å²) in [6.07, 6.45) is 0.311. The fourth-order valence-electron chi connectivity index (χ4n) is 1.87. The van der Waals surface area contributed by atoms with Crippen molar-refractivity contribution in [2.75, 3.05) is 27.7 Å². The Morgan fingerprint density at radius 1 is 1.14 bits per heavy atom. The van der Waals surface area contributed by atoms with Crippen LogP contribution >= 0.6 is 0 Å². The molecule has 0 spiro atoms. The molecule has 0 bridgehead atoms. The van der Waals surface area contributed by atoms with Gasteiger partial charge in [0.05, 0.1) is 6.04 Å². The molecule has 1 unspecified atom stereocenters. The molecule has 0 aliphatic rings. The van der Waals surface area contributed by atoms with Gasteiger partial charge in [0, 0.05) is 34.1 Å². The molecule has 1 atom stereocenters. The van der Waals surface area contributed by atoms with E-state index in [-0.39, 0.29) is 18.0 Å². The van der Waals surface area contributed by atoms with E-state index in [0.717, 1.165) is 5.56 Å². The van der Waals surface area contributed by atoms with Crippen LogP contribution in [0, 0.1) is 6.92 Å². The van der Waals surface area contributed by atoms with Crippen molar-refractivity contribution in [1.82, 2.24) is 15.1 Å². The fraction of sp³-hybridized carbons (Fsp3) is 0.500. The van der Waals surface area contributed by atoms with Crippen molar-refractivity contribution in [1.29, 1.82) is 0 Å². The van der Waals surface area contributed by atoms with Crippen LogP contribution in [0.2, 0.25) is 0 Å². The maximum Gasteiger partial charge on any atom is 0.317 e. The molecule has 0 aromatic heterocycles. The van der Waals surface area contributed by atoms with E-state index in [4.69, 9.17) is 0 Å². The van der Waals surface area contributed by atoms with Gasteiger partial charge in [-0.2, -0.15) is 0 Å². The summed E-state index contributed by atoms with van der Waals surface area (Å²) in [5, 5.41) is 2.77. The summed E-state index contributed by atoms with van der Waals surface area (Å²) in [5.74, 6) is 0.00420. The minimum Gasteiger partial charge on any atom is -0.349 e. The molecule has 1 aromatic rings. The van der Waals surface area contributed by atoms with Crippen molar-refractivity contribution in [3.8, 4) is 0 Å². The van der Waals surface area contributed by atoms with Crippen LogP contribution in [0.3, 0.4) is 0 Å². The van der Waals surface area contributed by atoms with Crippen LogP contribution in [-0.4, -0.2) is 49.4 Å². The third-order valence-electron chi connectivity index (χ3n) is 3.57. The minimum absolute atomic E-state index is 0.00420. The van der Waals surface area contributed by atoms with Gasteiger partial charge >= 0.3 is 6.03 Å². The predicted molar refractivity (Wildman–Crippen MR) is 84.1 cm³/mol. The third kappa shape index (κ3) is 5.10. The van der Waals surface area contributed by atoms with E-state index in [9.17, 15) is 9.59 Å². The molecule has 1 N–H and O–H groups in total. The number of hydrogen-bond donors (Lipinski definition) is 1. The Morgan fingerprint density at radius 3 is 2.24 bits per heavy atom. The summed E-state index contributed by atoms with van der Waals surface area (Å²) in [4.78, 5) is 26.7. The second-order valence-electron chi connectivity index (χ2n) is 5.47.